The molecule has 0 unspecified atom stereocenters. The highest BCUT2D eigenvalue weighted by molar-refractivity contribution is 5.93. The molecule has 0 aromatic heterocycles. The van der Waals surface area contributed by atoms with Crippen LogP contribution in [-0.2, 0) is 0 Å². The molecule has 0 aliphatic carbocycles. The first-order valence-electron chi connectivity index (χ1n) is 5.31. The Kier molecular flexibility index (Phi) is 11.5. The van der Waals surface area contributed by atoms with Crippen molar-refractivity contribution >= 4 is 5.91 Å². The molecule has 0 fully saturated rings. The first-order chi connectivity index (χ1) is 7.24. The van der Waals surface area contributed by atoms with Gasteiger partial charge in [0.15, 0.2) is 0 Å². The van der Waals surface area contributed by atoms with Crippen LogP contribution in [0.2, 0.25) is 0 Å². The molecule has 1 amide bonds. The zero-order chi connectivity index (χ0) is 12.3. The van der Waals surface area contributed by atoms with Gasteiger partial charge in [-0.05, 0) is 19.1 Å². The molecule has 0 aliphatic heterocycles. The minimum Gasteiger partial charge on any atom is -0.290 e. The van der Waals surface area contributed by atoms with Gasteiger partial charge in [-0.1, -0.05) is 45.4 Å². The lowest BCUT2D eigenvalue weighted by Gasteiger charge is -1.98. The van der Waals surface area contributed by atoms with E-state index >= 15 is 0 Å². The second-order valence-electron chi connectivity index (χ2n) is 2.34. The fraction of sp³-hybridized carbons (Fsp3) is 0.417. The highest BCUT2D eigenvalue weighted by atomic mass is 16.2. The van der Waals surface area contributed by atoms with E-state index in [9.17, 15) is 4.79 Å². The largest absolute Gasteiger partial charge is 0.290 e. The third kappa shape index (κ3) is 6.69. The number of nitrogens with one attached hydrogen (secondary N) is 1. The second kappa shape index (κ2) is 10.7. The molecular formula is C12H22N2O. The van der Waals surface area contributed by atoms with Gasteiger partial charge in [0.05, 0.1) is 0 Å². The van der Waals surface area contributed by atoms with Gasteiger partial charge >= 0.3 is 0 Å². The summed E-state index contributed by atoms with van der Waals surface area (Å²) in [6.07, 6.45) is 0. The number of amides is 1. The molecule has 86 valence electrons. The number of benzene rings is 1. The summed E-state index contributed by atoms with van der Waals surface area (Å²) in [5, 5.41) is 0. The number of rotatable bonds is 1. The topological polar surface area (TPSA) is 55.1 Å². The predicted octanol–water partition coefficient (Wildman–Crippen LogP) is 2.65. The maximum absolute atomic E-state index is 10.9. The standard InChI is InChI=1S/C8H10N2O.2C2H6/c1-6-2-4-7(5-3-6)8(11)10-9;2*1-2/h2-5H,9H2,1H3,(H,10,11);2*1-2H3. The summed E-state index contributed by atoms with van der Waals surface area (Å²) in [6.45, 7) is 9.96. The van der Waals surface area contributed by atoms with E-state index < -0.39 is 0 Å². The lowest BCUT2D eigenvalue weighted by molar-refractivity contribution is 0.0953. The molecule has 15 heavy (non-hydrogen) atoms. The number of nitrogen functional groups attached to an aromatic ring is 1. The van der Waals surface area contributed by atoms with E-state index in [0.717, 1.165) is 5.56 Å². The fourth-order valence-electron chi connectivity index (χ4n) is 0.788. The summed E-state index contributed by atoms with van der Waals surface area (Å²) >= 11 is 0. The molecule has 0 spiro atoms. The molecule has 0 saturated heterocycles. The average Bonchev–Trinajstić information content (AvgIpc) is 2.34. The molecule has 3 heteroatoms. The van der Waals surface area contributed by atoms with Crippen molar-refractivity contribution in [1.82, 2.24) is 5.43 Å². The molecule has 3 N–H and O–H groups in total. The van der Waals surface area contributed by atoms with Crippen LogP contribution in [-0.4, -0.2) is 5.91 Å². The first-order valence-corrected chi connectivity index (χ1v) is 5.31. The first kappa shape index (κ1) is 16.1. The van der Waals surface area contributed by atoms with Crippen molar-refractivity contribution < 1.29 is 4.79 Å². The summed E-state index contributed by atoms with van der Waals surface area (Å²) in [6, 6.07) is 7.20. The smallest absolute Gasteiger partial charge is 0.265 e. The van der Waals surface area contributed by atoms with Crippen LogP contribution < -0.4 is 11.3 Å². The minimum absolute atomic E-state index is 0.259. The molecule has 1 aromatic carbocycles. The number of hydrazine groups is 1. The van der Waals surface area contributed by atoms with E-state index in [1.54, 1.807) is 12.1 Å². The van der Waals surface area contributed by atoms with E-state index in [2.05, 4.69) is 5.43 Å². The van der Waals surface area contributed by atoms with Crippen molar-refractivity contribution in [3.63, 3.8) is 0 Å². The Balaban J connectivity index is 0. The normalized spacial score (nSPS) is 7.60. The van der Waals surface area contributed by atoms with Gasteiger partial charge in [-0.2, -0.15) is 0 Å². The molecule has 0 radical (unpaired) electrons. The van der Waals surface area contributed by atoms with Crippen LogP contribution in [0.15, 0.2) is 24.3 Å². The maximum Gasteiger partial charge on any atom is 0.265 e. The van der Waals surface area contributed by atoms with Crippen molar-refractivity contribution in [2.45, 2.75) is 34.6 Å². The van der Waals surface area contributed by atoms with Crippen molar-refractivity contribution in [3.8, 4) is 0 Å². The highest BCUT2D eigenvalue weighted by Gasteiger charge is 1.99. The van der Waals surface area contributed by atoms with Crippen LogP contribution in [0.3, 0.4) is 0 Å². The third-order valence-corrected chi connectivity index (χ3v) is 1.44. The van der Waals surface area contributed by atoms with Crippen LogP contribution in [0.5, 0.6) is 0 Å². The number of carbonyl (C=O) groups excluding carboxylic acids is 1. The monoisotopic (exact) mass is 210 g/mol. The van der Waals surface area contributed by atoms with Crippen LogP contribution in [0, 0.1) is 6.92 Å². The Morgan fingerprint density at radius 3 is 1.80 bits per heavy atom. The van der Waals surface area contributed by atoms with E-state index in [4.69, 9.17) is 5.84 Å². The quantitative estimate of drug-likeness (QED) is 0.425. The van der Waals surface area contributed by atoms with Crippen molar-refractivity contribution in [2.24, 2.45) is 5.84 Å². The van der Waals surface area contributed by atoms with E-state index in [-0.39, 0.29) is 5.91 Å². The fourth-order valence-corrected chi connectivity index (χ4v) is 0.788. The van der Waals surface area contributed by atoms with E-state index in [1.807, 2.05) is 46.8 Å². The number of carbonyl (C=O) groups is 1. The van der Waals surface area contributed by atoms with E-state index in [1.165, 1.54) is 0 Å². The number of nitrogens with two attached hydrogens (primary N) is 1. The van der Waals surface area contributed by atoms with Gasteiger partial charge < -0.3 is 0 Å². The van der Waals surface area contributed by atoms with Crippen molar-refractivity contribution in [2.75, 3.05) is 0 Å². The lowest BCUT2D eigenvalue weighted by Crippen LogP contribution is -2.29. The van der Waals surface area contributed by atoms with Crippen LogP contribution in [0.4, 0.5) is 0 Å². The zero-order valence-electron chi connectivity index (χ0n) is 10.3. The average molecular weight is 210 g/mol. The number of aryl methyl sites for hydroxylation is 1. The summed E-state index contributed by atoms with van der Waals surface area (Å²) in [4.78, 5) is 10.9. The summed E-state index contributed by atoms with van der Waals surface area (Å²) in [7, 11) is 0. The highest BCUT2D eigenvalue weighted by Crippen LogP contribution is 2.01. The maximum atomic E-state index is 10.9. The van der Waals surface area contributed by atoms with Gasteiger partial charge in [0.2, 0.25) is 0 Å². The van der Waals surface area contributed by atoms with Crippen molar-refractivity contribution in [1.29, 1.82) is 0 Å². The molecule has 1 rings (SSSR count). The van der Waals surface area contributed by atoms with Crippen molar-refractivity contribution in [3.05, 3.63) is 35.4 Å². The van der Waals surface area contributed by atoms with Crippen LogP contribution in [0.1, 0.15) is 43.6 Å². The molecule has 3 nitrogen and oxygen atoms in total. The van der Waals surface area contributed by atoms with Gasteiger partial charge in [0.25, 0.3) is 5.91 Å². The van der Waals surface area contributed by atoms with Gasteiger partial charge in [0.1, 0.15) is 0 Å². The number of hydrogen-bond acceptors (Lipinski definition) is 2. The molecule has 0 saturated carbocycles. The molecule has 0 heterocycles. The molecule has 0 atom stereocenters. The lowest BCUT2D eigenvalue weighted by atomic mass is 10.1. The molecular weight excluding hydrogens is 188 g/mol. The Morgan fingerprint density at radius 1 is 1.07 bits per heavy atom. The Morgan fingerprint density at radius 2 is 1.47 bits per heavy atom. The molecule has 1 aromatic rings. The Bertz CT molecular complexity index is 255. The minimum atomic E-state index is -0.259. The summed E-state index contributed by atoms with van der Waals surface area (Å²) in [5.74, 6) is 4.68. The predicted molar refractivity (Wildman–Crippen MR) is 65.5 cm³/mol. The Labute approximate surface area is 92.7 Å². The second-order valence-corrected chi connectivity index (χ2v) is 2.34. The SMILES string of the molecule is CC.CC.Cc1ccc(C(=O)NN)cc1. The Hall–Kier alpha value is -1.35. The third-order valence-electron chi connectivity index (χ3n) is 1.44. The van der Waals surface area contributed by atoms with Gasteiger partial charge in [-0.3, -0.25) is 10.2 Å². The van der Waals surface area contributed by atoms with Gasteiger partial charge in [0, 0.05) is 5.56 Å². The number of hydrogen-bond donors (Lipinski definition) is 2. The van der Waals surface area contributed by atoms with Crippen LogP contribution >= 0.6 is 0 Å². The summed E-state index contributed by atoms with van der Waals surface area (Å²) in [5.41, 5.74) is 3.77. The zero-order valence-corrected chi connectivity index (χ0v) is 10.3. The summed E-state index contributed by atoms with van der Waals surface area (Å²) < 4.78 is 0. The van der Waals surface area contributed by atoms with E-state index in [0.29, 0.717) is 5.56 Å². The molecule has 0 aliphatic rings. The van der Waals surface area contributed by atoms with Crippen LogP contribution in [0.25, 0.3) is 0 Å². The van der Waals surface area contributed by atoms with Gasteiger partial charge in [-0.15, -0.1) is 0 Å². The molecule has 0 bridgehead atoms. The van der Waals surface area contributed by atoms with Gasteiger partial charge in [-0.25, -0.2) is 5.84 Å².